The maximum absolute atomic E-state index is 8.42. The second kappa shape index (κ2) is 6.87. The van der Waals surface area contributed by atoms with Crippen molar-refractivity contribution in [1.29, 1.82) is 5.41 Å². The fraction of sp³-hybridized carbons (Fsp3) is 0.348. The lowest BCUT2D eigenvalue weighted by molar-refractivity contribution is 0.289. The lowest BCUT2D eigenvalue weighted by atomic mass is 9.99. The minimum absolute atomic E-state index is 0.350. The van der Waals surface area contributed by atoms with Crippen molar-refractivity contribution in [2.75, 3.05) is 0 Å². The van der Waals surface area contributed by atoms with Gasteiger partial charge in [0.25, 0.3) is 0 Å². The van der Waals surface area contributed by atoms with Crippen LogP contribution in [0.5, 0.6) is 0 Å². The van der Waals surface area contributed by atoms with Crippen LogP contribution in [-0.4, -0.2) is 16.7 Å². The molecular formula is C23H26N2. The molecule has 2 aromatic carbocycles. The maximum atomic E-state index is 8.42. The van der Waals surface area contributed by atoms with Crippen LogP contribution in [0, 0.1) is 5.41 Å². The average molecular weight is 330 g/mol. The zero-order valence-corrected chi connectivity index (χ0v) is 14.9. The van der Waals surface area contributed by atoms with Crippen molar-refractivity contribution in [1.82, 2.24) is 4.90 Å². The van der Waals surface area contributed by atoms with Gasteiger partial charge in [0.15, 0.2) is 0 Å². The quantitative estimate of drug-likeness (QED) is 0.706. The Morgan fingerprint density at radius 2 is 1.88 bits per heavy atom. The van der Waals surface area contributed by atoms with E-state index in [1.807, 2.05) is 0 Å². The summed E-state index contributed by atoms with van der Waals surface area (Å²) in [4.78, 5) is 2.35. The lowest BCUT2D eigenvalue weighted by Crippen LogP contribution is -2.31. The number of benzene rings is 2. The molecule has 2 aromatic rings. The Balaban J connectivity index is 1.33. The zero-order valence-electron chi connectivity index (χ0n) is 14.9. The summed E-state index contributed by atoms with van der Waals surface area (Å²) in [5.74, 6) is 0.808. The highest BCUT2D eigenvalue weighted by molar-refractivity contribution is 5.84. The number of nitrogens with one attached hydrogen (secondary N) is 1. The van der Waals surface area contributed by atoms with E-state index in [0.717, 1.165) is 31.0 Å². The van der Waals surface area contributed by atoms with Gasteiger partial charge in [0.05, 0.1) is 0 Å². The van der Waals surface area contributed by atoms with Gasteiger partial charge in [-0.05, 0) is 54.0 Å². The Morgan fingerprint density at radius 1 is 1.12 bits per heavy atom. The van der Waals surface area contributed by atoms with Crippen LogP contribution in [-0.2, 0) is 13.0 Å². The van der Waals surface area contributed by atoms with Crippen molar-refractivity contribution in [2.45, 2.75) is 51.1 Å². The van der Waals surface area contributed by atoms with Gasteiger partial charge < -0.3 is 10.3 Å². The predicted octanol–water partition coefficient (Wildman–Crippen LogP) is 5.39. The normalized spacial score (nSPS) is 17.2. The summed E-state index contributed by atoms with van der Waals surface area (Å²) in [6.45, 7) is 3.17. The van der Waals surface area contributed by atoms with Crippen LogP contribution in [0.2, 0.25) is 0 Å². The minimum atomic E-state index is 0.350. The molecule has 1 fully saturated rings. The molecule has 1 saturated carbocycles. The van der Waals surface area contributed by atoms with Gasteiger partial charge in [0.1, 0.15) is 0 Å². The molecule has 1 unspecified atom stereocenters. The third-order valence-corrected chi connectivity index (χ3v) is 5.41. The third kappa shape index (κ3) is 3.84. The monoisotopic (exact) mass is 330 g/mol. The van der Waals surface area contributed by atoms with E-state index in [-0.39, 0.29) is 0 Å². The maximum Gasteiger partial charge on any atom is 0.0433 e. The average Bonchev–Trinajstić information content (AvgIpc) is 3.47. The van der Waals surface area contributed by atoms with E-state index in [9.17, 15) is 0 Å². The highest BCUT2D eigenvalue weighted by Crippen LogP contribution is 2.39. The largest absolute Gasteiger partial charge is 0.370 e. The molecule has 4 rings (SSSR count). The molecule has 1 aliphatic carbocycles. The van der Waals surface area contributed by atoms with E-state index >= 15 is 0 Å². The molecule has 128 valence electrons. The molecule has 0 radical (unpaired) electrons. The van der Waals surface area contributed by atoms with Gasteiger partial charge in [-0.15, -0.1) is 0 Å². The Labute approximate surface area is 150 Å². The molecule has 1 aliphatic heterocycles. The highest BCUT2D eigenvalue weighted by Gasteiger charge is 2.23. The molecule has 0 spiro atoms. The highest BCUT2D eigenvalue weighted by atomic mass is 15.1. The minimum Gasteiger partial charge on any atom is -0.370 e. The Kier molecular flexibility index (Phi) is 4.44. The van der Waals surface area contributed by atoms with Gasteiger partial charge in [-0.2, -0.15) is 0 Å². The Morgan fingerprint density at radius 3 is 2.64 bits per heavy atom. The van der Waals surface area contributed by atoms with Crippen LogP contribution in [0.4, 0.5) is 0 Å². The standard InChI is InChI=1S/C23H26N2/c1-17(25-13-12-19-4-2-3-5-22(19)16-25)14-23(24)15-18-6-8-20(9-7-18)21-10-11-21/h2-9,12-13,17,21,24H,10-11,14-16H2,1H3. The van der Waals surface area contributed by atoms with Gasteiger partial charge >= 0.3 is 0 Å². The van der Waals surface area contributed by atoms with Gasteiger partial charge in [-0.25, -0.2) is 0 Å². The fourth-order valence-electron chi connectivity index (χ4n) is 3.69. The van der Waals surface area contributed by atoms with Gasteiger partial charge in [0, 0.05) is 37.3 Å². The van der Waals surface area contributed by atoms with Crippen molar-refractivity contribution in [3.63, 3.8) is 0 Å². The van der Waals surface area contributed by atoms with Crippen molar-refractivity contribution in [2.24, 2.45) is 0 Å². The summed E-state index contributed by atoms with van der Waals surface area (Å²) in [5, 5.41) is 8.42. The summed E-state index contributed by atoms with van der Waals surface area (Å²) in [6, 6.07) is 17.9. The van der Waals surface area contributed by atoms with E-state index in [1.54, 1.807) is 0 Å². The van der Waals surface area contributed by atoms with E-state index in [1.165, 1.54) is 35.1 Å². The molecule has 0 amide bonds. The molecule has 2 aliphatic rings. The molecule has 2 heteroatoms. The first-order chi connectivity index (χ1) is 12.2. The van der Waals surface area contributed by atoms with Gasteiger partial charge in [-0.1, -0.05) is 48.5 Å². The first kappa shape index (κ1) is 16.1. The second-order valence-corrected chi connectivity index (χ2v) is 7.54. The molecule has 1 atom stereocenters. The van der Waals surface area contributed by atoms with Crippen LogP contribution in [0.3, 0.4) is 0 Å². The first-order valence-corrected chi connectivity index (χ1v) is 9.36. The van der Waals surface area contributed by atoms with Crippen molar-refractivity contribution in [3.8, 4) is 0 Å². The third-order valence-electron chi connectivity index (χ3n) is 5.41. The number of hydrogen-bond donors (Lipinski definition) is 1. The van der Waals surface area contributed by atoms with E-state index < -0.39 is 0 Å². The van der Waals surface area contributed by atoms with Crippen LogP contribution >= 0.6 is 0 Å². The summed E-state index contributed by atoms with van der Waals surface area (Å²) >= 11 is 0. The van der Waals surface area contributed by atoms with Gasteiger partial charge in [0.2, 0.25) is 0 Å². The van der Waals surface area contributed by atoms with Crippen molar-refractivity contribution < 1.29 is 0 Å². The molecule has 25 heavy (non-hydrogen) atoms. The number of nitrogens with zero attached hydrogens (tertiary/aromatic N) is 1. The molecule has 2 nitrogen and oxygen atoms in total. The van der Waals surface area contributed by atoms with Crippen LogP contribution in [0.15, 0.2) is 54.7 Å². The molecule has 0 saturated heterocycles. The number of rotatable bonds is 6. The van der Waals surface area contributed by atoms with E-state index in [2.05, 4.69) is 72.6 Å². The predicted molar refractivity (Wildman–Crippen MR) is 105 cm³/mol. The Hall–Kier alpha value is -2.35. The SMILES string of the molecule is CC(CC(=N)Cc1ccc(C2CC2)cc1)N1C=Cc2ccccc2C1. The summed E-state index contributed by atoms with van der Waals surface area (Å²) in [5.41, 5.74) is 6.25. The Bertz CT molecular complexity index is 784. The second-order valence-electron chi connectivity index (χ2n) is 7.54. The van der Waals surface area contributed by atoms with Crippen molar-refractivity contribution >= 4 is 11.8 Å². The summed E-state index contributed by atoms with van der Waals surface area (Å²) in [7, 11) is 0. The first-order valence-electron chi connectivity index (χ1n) is 9.36. The lowest BCUT2D eigenvalue weighted by Gasteiger charge is -2.31. The molecule has 1 N–H and O–H groups in total. The smallest absolute Gasteiger partial charge is 0.0433 e. The van der Waals surface area contributed by atoms with Crippen LogP contribution in [0.1, 0.15) is 54.4 Å². The molecule has 0 aromatic heterocycles. The van der Waals surface area contributed by atoms with Crippen molar-refractivity contribution in [3.05, 3.63) is 77.0 Å². The number of hydrogen-bond acceptors (Lipinski definition) is 2. The zero-order chi connectivity index (χ0) is 17.2. The van der Waals surface area contributed by atoms with E-state index in [0.29, 0.717) is 6.04 Å². The summed E-state index contributed by atoms with van der Waals surface area (Å²) in [6.07, 6.45) is 8.65. The molecule has 1 heterocycles. The topological polar surface area (TPSA) is 27.1 Å². The molecule has 0 bridgehead atoms. The van der Waals surface area contributed by atoms with E-state index in [4.69, 9.17) is 5.41 Å². The fourth-order valence-corrected chi connectivity index (χ4v) is 3.69. The van der Waals surface area contributed by atoms with Crippen LogP contribution < -0.4 is 0 Å². The summed E-state index contributed by atoms with van der Waals surface area (Å²) < 4.78 is 0. The number of fused-ring (bicyclic) bond motifs is 1. The molecular weight excluding hydrogens is 304 g/mol. The van der Waals surface area contributed by atoms with Gasteiger partial charge in [-0.3, -0.25) is 0 Å². The van der Waals surface area contributed by atoms with Crippen LogP contribution in [0.25, 0.3) is 6.08 Å².